The maximum atomic E-state index is 11.8. The molecule has 0 radical (unpaired) electrons. The van der Waals surface area contributed by atoms with E-state index in [0.29, 0.717) is 5.56 Å². The predicted octanol–water partition coefficient (Wildman–Crippen LogP) is 2.42. The van der Waals surface area contributed by atoms with E-state index in [2.05, 4.69) is 10.5 Å². The van der Waals surface area contributed by atoms with Gasteiger partial charge in [0, 0.05) is 23.3 Å². The minimum absolute atomic E-state index is 0.00161. The summed E-state index contributed by atoms with van der Waals surface area (Å²) in [6.45, 7) is 0. The second kappa shape index (κ2) is 6.75. The maximum Gasteiger partial charge on any atom is 0.288 e. The molecule has 0 heterocycles. The highest BCUT2D eigenvalue weighted by molar-refractivity contribution is 6.32. The van der Waals surface area contributed by atoms with Crippen LogP contribution in [0, 0.1) is 10.1 Å². The molecule has 0 aliphatic carbocycles. The van der Waals surface area contributed by atoms with Gasteiger partial charge in [0.2, 0.25) is 0 Å². The lowest BCUT2D eigenvalue weighted by Gasteiger charge is -2.02. The third kappa shape index (κ3) is 4.17. The third-order valence-electron chi connectivity index (χ3n) is 2.71. The molecule has 0 unspecified atom stereocenters. The third-order valence-corrected chi connectivity index (χ3v) is 3.03. The molecule has 0 atom stereocenters. The Kier molecular flexibility index (Phi) is 4.77. The van der Waals surface area contributed by atoms with Crippen molar-refractivity contribution in [2.45, 2.75) is 0 Å². The number of amides is 1. The smallest absolute Gasteiger partial charge is 0.288 e. The lowest BCUT2D eigenvalue weighted by atomic mass is 10.2. The van der Waals surface area contributed by atoms with Crippen molar-refractivity contribution >= 4 is 29.4 Å². The van der Waals surface area contributed by atoms with E-state index in [4.69, 9.17) is 11.6 Å². The summed E-state index contributed by atoms with van der Waals surface area (Å²) in [4.78, 5) is 21.9. The molecule has 118 valence electrons. The molecule has 9 heteroatoms. The van der Waals surface area contributed by atoms with Crippen LogP contribution < -0.4 is 5.43 Å². The molecular weight excluding hydrogens is 326 g/mol. The number of hydrogen-bond donors (Lipinski definition) is 3. The summed E-state index contributed by atoms with van der Waals surface area (Å²) < 4.78 is 0. The quantitative estimate of drug-likeness (QED) is 0.449. The van der Waals surface area contributed by atoms with Gasteiger partial charge < -0.3 is 10.2 Å². The van der Waals surface area contributed by atoms with Gasteiger partial charge in [0.05, 0.1) is 11.1 Å². The molecule has 2 aromatic carbocycles. The number of rotatable bonds is 4. The summed E-state index contributed by atoms with van der Waals surface area (Å²) in [5.41, 5.74) is 2.26. The SMILES string of the molecule is O=C(NN=Cc1ccc(Cl)c([N+](=O)[O-])c1)c1cc(O)cc(O)c1. The largest absolute Gasteiger partial charge is 0.508 e. The number of phenolic OH excluding ortho intramolecular Hbond substituents is 2. The van der Waals surface area contributed by atoms with Gasteiger partial charge in [0.25, 0.3) is 11.6 Å². The monoisotopic (exact) mass is 335 g/mol. The standard InChI is InChI=1S/C14H10ClN3O5/c15-12-2-1-8(3-13(12)18(22)23)7-16-17-14(21)9-4-10(19)6-11(20)5-9/h1-7,19-20H,(H,17,21). The fraction of sp³-hybridized carbons (Fsp3) is 0. The Morgan fingerprint density at radius 3 is 2.48 bits per heavy atom. The summed E-state index contributed by atoms with van der Waals surface area (Å²) in [5.74, 6) is -1.21. The van der Waals surface area contributed by atoms with Crippen LogP contribution in [0.3, 0.4) is 0 Å². The predicted molar refractivity (Wildman–Crippen MR) is 82.9 cm³/mol. The molecule has 0 bridgehead atoms. The van der Waals surface area contributed by atoms with Crippen molar-refractivity contribution in [3.05, 3.63) is 62.7 Å². The first-order chi connectivity index (χ1) is 10.9. The van der Waals surface area contributed by atoms with Gasteiger partial charge >= 0.3 is 0 Å². The highest BCUT2D eigenvalue weighted by atomic mass is 35.5. The van der Waals surface area contributed by atoms with E-state index in [1.54, 1.807) is 0 Å². The highest BCUT2D eigenvalue weighted by Crippen LogP contribution is 2.24. The fourth-order valence-corrected chi connectivity index (χ4v) is 1.89. The number of nitro benzene ring substituents is 1. The Morgan fingerprint density at radius 1 is 1.22 bits per heavy atom. The molecule has 3 N–H and O–H groups in total. The van der Waals surface area contributed by atoms with E-state index in [9.17, 15) is 25.1 Å². The van der Waals surface area contributed by atoms with Crippen molar-refractivity contribution in [3.8, 4) is 11.5 Å². The van der Waals surface area contributed by atoms with Crippen molar-refractivity contribution in [2.75, 3.05) is 0 Å². The summed E-state index contributed by atoms with van der Waals surface area (Å²) in [5, 5.41) is 33.0. The molecule has 1 amide bonds. The van der Waals surface area contributed by atoms with Crippen molar-refractivity contribution in [1.82, 2.24) is 5.43 Å². The van der Waals surface area contributed by atoms with E-state index in [1.807, 2.05) is 0 Å². The number of hydrogen-bond acceptors (Lipinski definition) is 6. The first-order valence-corrected chi connectivity index (χ1v) is 6.55. The zero-order valence-electron chi connectivity index (χ0n) is 11.4. The first-order valence-electron chi connectivity index (χ1n) is 6.17. The van der Waals surface area contributed by atoms with Crippen LogP contribution in [0.25, 0.3) is 0 Å². The van der Waals surface area contributed by atoms with E-state index in [0.717, 1.165) is 18.2 Å². The number of benzene rings is 2. The van der Waals surface area contributed by atoms with Crippen LogP contribution in [0.1, 0.15) is 15.9 Å². The molecule has 0 aliphatic rings. The molecule has 2 aromatic rings. The number of nitro groups is 1. The van der Waals surface area contributed by atoms with Gasteiger partial charge in [-0.15, -0.1) is 0 Å². The van der Waals surface area contributed by atoms with E-state index >= 15 is 0 Å². The van der Waals surface area contributed by atoms with Gasteiger partial charge in [-0.2, -0.15) is 5.10 Å². The summed E-state index contributed by atoms with van der Waals surface area (Å²) in [6, 6.07) is 7.42. The zero-order chi connectivity index (χ0) is 17.0. The van der Waals surface area contributed by atoms with Crippen LogP contribution in [0.4, 0.5) is 5.69 Å². The summed E-state index contributed by atoms with van der Waals surface area (Å²) in [6.07, 6.45) is 1.20. The maximum absolute atomic E-state index is 11.8. The lowest BCUT2D eigenvalue weighted by Crippen LogP contribution is -2.17. The van der Waals surface area contributed by atoms with Crippen LogP contribution in [0.2, 0.25) is 5.02 Å². The minimum atomic E-state index is -0.670. The summed E-state index contributed by atoms with van der Waals surface area (Å²) >= 11 is 5.68. The highest BCUT2D eigenvalue weighted by Gasteiger charge is 2.12. The Bertz CT molecular complexity index is 787. The van der Waals surface area contributed by atoms with Gasteiger partial charge in [0.1, 0.15) is 16.5 Å². The van der Waals surface area contributed by atoms with Crippen LogP contribution in [-0.4, -0.2) is 27.3 Å². The average molecular weight is 336 g/mol. The van der Waals surface area contributed by atoms with E-state index < -0.39 is 10.8 Å². The Balaban J connectivity index is 2.11. The second-order valence-electron chi connectivity index (χ2n) is 4.41. The van der Waals surface area contributed by atoms with Crippen LogP contribution in [0.5, 0.6) is 11.5 Å². The van der Waals surface area contributed by atoms with Crippen LogP contribution in [-0.2, 0) is 0 Å². The fourth-order valence-electron chi connectivity index (χ4n) is 1.71. The Hall–Kier alpha value is -3.13. The second-order valence-corrected chi connectivity index (χ2v) is 4.81. The van der Waals surface area contributed by atoms with Gasteiger partial charge in [-0.05, 0) is 18.2 Å². The molecule has 0 fully saturated rings. The number of aromatic hydroxyl groups is 2. The molecule has 2 rings (SSSR count). The van der Waals surface area contributed by atoms with Gasteiger partial charge in [-0.1, -0.05) is 17.7 Å². The number of hydrazone groups is 1. The Morgan fingerprint density at radius 2 is 1.87 bits per heavy atom. The lowest BCUT2D eigenvalue weighted by molar-refractivity contribution is -0.384. The number of phenols is 2. The average Bonchev–Trinajstić information content (AvgIpc) is 2.47. The first kappa shape index (κ1) is 16.2. The number of halogens is 1. The van der Waals surface area contributed by atoms with Crippen LogP contribution >= 0.6 is 11.6 Å². The van der Waals surface area contributed by atoms with Crippen LogP contribution in [0.15, 0.2) is 41.5 Å². The molecule has 0 aromatic heterocycles. The van der Waals surface area contributed by atoms with Gasteiger partial charge in [-0.25, -0.2) is 5.43 Å². The van der Waals surface area contributed by atoms with Crippen molar-refractivity contribution < 1.29 is 19.9 Å². The molecule has 8 nitrogen and oxygen atoms in total. The minimum Gasteiger partial charge on any atom is -0.508 e. The Labute approximate surface area is 134 Å². The molecular formula is C14H10ClN3O5. The van der Waals surface area contributed by atoms with Crippen molar-refractivity contribution in [1.29, 1.82) is 0 Å². The molecule has 0 saturated carbocycles. The van der Waals surface area contributed by atoms with E-state index in [1.165, 1.54) is 24.4 Å². The normalized spacial score (nSPS) is 10.7. The van der Waals surface area contributed by atoms with Gasteiger partial charge in [-0.3, -0.25) is 14.9 Å². The molecule has 23 heavy (non-hydrogen) atoms. The van der Waals surface area contributed by atoms with Gasteiger partial charge in [0.15, 0.2) is 0 Å². The molecule has 0 spiro atoms. The van der Waals surface area contributed by atoms with E-state index in [-0.39, 0.29) is 27.8 Å². The number of nitrogens with zero attached hydrogens (tertiary/aromatic N) is 2. The van der Waals surface area contributed by atoms with Crippen molar-refractivity contribution in [2.24, 2.45) is 5.10 Å². The number of carbonyl (C=O) groups is 1. The zero-order valence-corrected chi connectivity index (χ0v) is 12.2. The summed E-state index contributed by atoms with van der Waals surface area (Å²) in [7, 11) is 0. The topological polar surface area (TPSA) is 125 Å². The number of nitrogens with one attached hydrogen (secondary N) is 1. The van der Waals surface area contributed by atoms with Crippen molar-refractivity contribution in [3.63, 3.8) is 0 Å². The molecule has 0 aliphatic heterocycles. The molecule has 0 saturated heterocycles. The number of carbonyl (C=O) groups excluding carboxylic acids is 1.